The minimum Gasteiger partial charge on any atom is -0.342 e. The van der Waals surface area contributed by atoms with Crippen LogP contribution in [0.4, 0.5) is 5.69 Å². The first kappa shape index (κ1) is 15.5. The van der Waals surface area contributed by atoms with Gasteiger partial charge in [-0.3, -0.25) is 0 Å². The Kier molecular flexibility index (Phi) is 5.47. The predicted molar refractivity (Wildman–Crippen MR) is 94.4 cm³/mol. The first-order chi connectivity index (χ1) is 10.7. The van der Waals surface area contributed by atoms with Crippen LogP contribution in [0.25, 0.3) is 0 Å². The van der Waals surface area contributed by atoms with E-state index in [1.807, 2.05) is 43.3 Å². The fraction of sp³-hybridized carbons (Fsp3) is 0.143. The van der Waals surface area contributed by atoms with Gasteiger partial charge in [-0.15, -0.1) is 6.42 Å². The SMILES string of the molecule is C#CCN(c1ccccc1)C(C#CC(=C)C)c1ccccc1. The standard InChI is InChI=1S/C21H19N/c1-4-17-22(20-13-9-6-10-14-20)21(16-15-18(2)3)19-11-7-5-8-12-19/h1,5-14,21H,2,17H2,3H3. The Morgan fingerprint density at radius 1 is 1.09 bits per heavy atom. The van der Waals surface area contributed by atoms with E-state index >= 15 is 0 Å². The second kappa shape index (κ2) is 7.77. The van der Waals surface area contributed by atoms with Gasteiger partial charge in [0.15, 0.2) is 0 Å². The van der Waals surface area contributed by atoms with Crippen molar-refractivity contribution >= 4 is 5.69 Å². The van der Waals surface area contributed by atoms with Crippen molar-refractivity contribution in [1.82, 2.24) is 0 Å². The van der Waals surface area contributed by atoms with E-state index in [1.165, 1.54) is 0 Å². The monoisotopic (exact) mass is 285 g/mol. The third kappa shape index (κ3) is 4.05. The van der Waals surface area contributed by atoms with Crippen LogP contribution < -0.4 is 4.90 Å². The summed E-state index contributed by atoms with van der Waals surface area (Å²) in [6.45, 7) is 6.27. The molecule has 1 heteroatoms. The lowest BCUT2D eigenvalue weighted by Gasteiger charge is -2.29. The van der Waals surface area contributed by atoms with Crippen molar-refractivity contribution in [2.45, 2.75) is 13.0 Å². The maximum atomic E-state index is 5.58. The molecule has 2 aromatic rings. The zero-order valence-electron chi connectivity index (χ0n) is 12.8. The van der Waals surface area contributed by atoms with Crippen LogP contribution in [0.3, 0.4) is 0 Å². The molecule has 0 N–H and O–H groups in total. The quantitative estimate of drug-likeness (QED) is 0.750. The fourth-order valence-electron chi connectivity index (χ4n) is 2.22. The summed E-state index contributed by atoms with van der Waals surface area (Å²) in [4.78, 5) is 2.13. The minimum absolute atomic E-state index is 0.101. The van der Waals surface area contributed by atoms with Crippen LogP contribution in [-0.4, -0.2) is 6.54 Å². The average molecular weight is 285 g/mol. The van der Waals surface area contributed by atoms with E-state index in [0.717, 1.165) is 16.8 Å². The summed E-state index contributed by atoms with van der Waals surface area (Å²) in [5.41, 5.74) is 3.02. The summed E-state index contributed by atoms with van der Waals surface area (Å²) >= 11 is 0. The maximum absolute atomic E-state index is 5.58. The van der Waals surface area contributed by atoms with Crippen molar-refractivity contribution in [3.05, 3.63) is 78.4 Å². The molecule has 1 atom stereocenters. The lowest BCUT2D eigenvalue weighted by Crippen LogP contribution is -2.28. The lowest BCUT2D eigenvalue weighted by molar-refractivity contribution is 0.799. The molecular weight excluding hydrogens is 266 g/mol. The summed E-state index contributed by atoms with van der Waals surface area (Å²) in [6, 6.07) is 20.2. The van der Waals surface area contributed by atoms with Gasteiger partial charge < -0.3 is 4.90 Å². The number of terminal acetylenes is 1. The third-order valence-corrected chi connectivity index (χ3v) is 3.20. The summed E-state index contributed by atoms with van der Waals surface area (Å²) in [6.07, 6.45) is 5.58. The normalized spacial score (nSPS) is 10.7. The van der Waals surface area contributed by atoms with E-state index in [-0.39, 0.29) is 6.04 Å². The number of para-hydroxylation sites is 1. The highest BCUT2D eigenvalue weighted by molar-refractivity contribution is 5.53. The molecule has 0 radical (unpaired) electrons. The molecular formula is C21H19N. The van der Waals surface area contributed by atoms with Crippen molar-refractivity contribution < 1.29 is 0 Å². The molecule has 0 saturated carbocycles. The maximum Gasteiger partial charge on any atom is 0.117 e. The molecule has 2 aromatic carbocycles. The first-order valence-electron chi connectivity index (χ1n) is 7.19. The Labute approximate surface area is 133 Å². The van der Waals surface area contributed by atoms with Gasteiger partial charge in [-0.25, -0.2) is 0 Å². The fourth-order valence-corrected chi connectivity index (χ4v) is 2.22. The average Bonchev–Trinajstić information content (AvgIpc) is 2.55. The zero-order chi connectivity index (χ0) is 15.8. The molecule has 0 aliphatic heterocycles. The molecule has 0 bridgehead atoms. The van der Waals surface area contributed by atoms with Gasteiger partial charge in [-0.05, 0) is 30.2 Å². The van der Waals surface area contributed by atoms with Crippen LogP contribution in [-0.2, 0) is 0 Å². The highest BCUT2D eigenvalue weighted by Gasteiger charge is 2.17. The number of hydrogen-bond donors (Lipinski definition) is 0. The molecule has 0 aliphatic carbocycles. The zero-order valence-corrected chi connectivity index (χ0v) is 12.8. The number of benzene rings is 2. The topological polar surface area (TPSA) is 3.24 Å². The van der Waals surface area contributed by atoms with Crippen molar-refractivity contribution in [2.75, 3.05) is 11.4 Å². The molecule has 0 amide bonds. The summed E-state index contributed by atoms with van der Waals surface area (Å²) in [7, 11) is 0. The van der Waals surface area contributed by atoms with Crippen molar-refractivity contribution in [3.63, 3.8) is 0 Å². The van der Waals surface area contributed by atoms with Gasteiger partial charge >= 0.3 is 0 Å². The highest BCUT2D eigenvalue weighted by Crippen LogP contribution is 2.26. The van der Waals surface area contributed by atoms with Crippen molar-refractivity contribution in [3.8, 4) is 24.2 Å². The molecule has 0 spiro atoms. The third-order valence-electron chi connectivity index (χ3n) is 3.20. The number of nitrogens with zero attached hydrogens (tertiary/aromatic N) is 1. The van der Waals surface area contributed by atoms with Crippen LogP contribution in [0, 0.1) is 24.2 Å². The van der Waals surface area contributed by atoms with Gasteiger partial charge in [0.2, 0.25) is 0 Å². The van der Waals surface area contributed by atoms with Gasteiger partial charge in [-0.2, -0.15) is 0 Å². The largest absolute Gasteiger partial charge is 0.342 e. The Bertz CT molecular complexity index is 711. The smallest absolute Gasteiger partial charge is 0.117 e. The molecule has 108 valence electrons. The summed E-state index contributed by atoms with van der Waals surface area (Å²) < 4.78 is 0. The molecule has 0 heterocycles. The van der Waals surface area contributed by atoms with Gasteiger partial charge in [0.1, 0.15) is 6.04 Å². The lowest BCUT2D eigenvalue weighted by atomic mass is 10.0. The predicted octanol–water partition coefficient (Wildman–Crippen LogP) is 4.45. The Morgan fingerprint density at radius 3 is 2.23 bits per heavy atom. The molecule has 1 unspecified atom stereocenters. The van der Waals surface area contributed by atoms with E-state index in [4.69, 9.17) is 6.42 Å². The van der Waals surface area contributed by atoms with Crippen LogP contribution in [0.1, 0.15) is 18.5 Å². The van der Waals surface area contributed by atoms with E-state index in [0.29, 0.717) is 6.54 Å². The van der Waals surface area contributed by atoms with Gasteiger partial charge in [0.25, 0.3) is 0 Å². The number of hydrogen-bond acceptors (Lipinski definition) is 1. The van der Waals surface area contributed by atoms with E-state index < -0.39 is 0 Å². The Hall–Kier alpha value is -2.90. The van der Waals surface area contributed by atoms with E-state index in [9.17, 15) is 0 Å². The Balaban J connectivity index is 2.48. The molecule has 0 saturated heterocycles. The molecule has 1 nitrogen and oxygen atoms in total. The first-order valence-corrected chi connectivity index (χ1v) is 7.19. The number of allylic oxidation sites excluding steroid dienone is 1. The van der Waals surface area contributed by atoms with Crippen LogP contribution in [0.2, 0.25) is 0 Å². The molecule has 0 aliphatic rings. The van der Waals surface area contributed by atoms with Crippen LogP contribution >= 0.6 is 0 Å². The molecule has 2 rings (SSSR count). The van der Waals surface area contributed by atoms with Gasteiger partial charge in [-0.1, -0.05) is 72.9 Å². The number of rotatable bonds is 4. The van der Waals surface area contributed by atoms with Crippen LogP contribution in [0.15, 0.2) is 72.8 Å². The van der Waals surface area contributed by atoms with E-state index in [1.54, 1.807) is 0 Å². The second-order valence-electron chi connectivity index (χ2n) is 5.03. The molecule has 0 aromatic heterocycles. The molecule has 22 heavy (non-hydrogen) atoms. The minimum atomic E-state index is -0.101. The van der Waals surface area contributed by atoms with Crippen molar-refractivity contribution in [1.29, 1.82) is 0 Å². The highest BCUT2D eigenvalue weighted by atomic mass is 15.2. The van der Waals surface area contributed by atoms with Crippen molar-refractivity contribution in [2.24, 2.45) is 0 Å². The summed E-state index contributed by atoms with van der Waals surface area (Å²) in [5, 5.41) is 0. The Morgan fingerprint density at radius 2 is 1.68 bits per heavy atom. The molecule has 0 fully saturated rings. The number of anilines is 1. The van der Waals surface area contributed by atoms with Gasteiger partial charge in [0, 0.05) is 5.69 Å². The summed E-state index contributed by atoms with van der Waals surface area (Å²) in [5.74, 6) is 9.14. The second-order valence-corrected chi connectivity index (χ2v) is 5.03. The van der Waals surface area contributed by atoms with Crippen LogP contribution in [0.5, 0.6) is 0 Å². The van der Waals surface area contributed by atoms with E-state index in [2.05, 4.69) is 53.5 Å². The van der Waals surface area contributed by atoms with Gasteiger partial charge in [0.05, 0.1) is 6.54 Å².